The smallest absolute Gasteiger partial charge is 0.140 e. The fourth-order valence-corrected chi connectivity index (χ4v) is 2.70. The van der Waals surface area contributed by atoms with Gasteiger partial charge in [-0.05, 0) is 30.4 Å². The molecule has 2 aromatic heterocycles. The molecule has 0 unspecified atom stereocenters. The Hall–Kier alpha value is -1.35. The first-order valence-electron chi connectivity index (χ1n) is 6.13. The molecule has 0 radical (unpaired) electrons. The molecule has 16 heavy (non-hydrogen) atoms. The Morgan fingerprint density at radius 2 is 2.31 bits per heavy atom. The van der Waals surface area contributed by atoms with Crippen LogP contribution in [0, 0.1) is 0 Å². The third-order valence-corrected chi connectivity index (χ3v) is 3.71. The highest BCUT2D eigenvalue weighted by atomic mass is 15.1. The average molecular weight is 213 g/mol. The number of imidazole rings is 1. The summed E-state index contributed by atoms with van der Waals surface area (Å²) >= 11 is 0. The molecule has 0 atom stereocenters. The zero-order valence-corrected chi connectivity index (χ0v) is 9.24. The lowest BCUT2D eigenvalue weighted by Gasteiger charge is -2.12. The van der Waals surface area contributed by atoms with Crippen molar-refractivity contribution in [3.05, 3.63) is 35.3 Å². The first kappa shape index (κ1) is 8.76. The second-order valence-corrected chi connectivity index (χ2v) is 4.86. The number of fused-ring (bicyclic) bond motifs is 3. The Morgan fingerprint density at radius 1 is 1.38 bits per heavy atom. The van der Waals surface area contributed by atoms with Gasteiger partial charge in [-0.15, -0.1) is 0 Å². The second kappa shape index (κ2) is 3.08. The van der Waals surface area contributed by atoms with Crippen molar-refractivity contribution < 1.29 is 0 Å². The van der Waals surface area contributed by atoms with Gasteiger partial charge in [0.15, 0.2) is 0 Å². The van der Waals surface area contributed by atoms with Crippen molar-refractivity contribution in [3.8, 4) is 0 Å². The van der Waals surface area contributed by atoms with E-state index < -0.39 is 0 Å². The first-order chi connectivity index (χ1) is 7.93. The Bertz CT molecular complexity index is 552. The van der Waals surface area contributed by atoms with Gasteiger partial charge in [-0.1, -0.05) is 6.07 Å². The maximum absolute atomic E-state index is 4.84. The molecule has 3 heteroatoms. The second-order valence-electron chi connectivity index (χ2n) is 4.86. The minimum absolute atomic E-state index is 0.778. The van der Waals surface area contributed by atoms with Crippen LogP contribution in [0.3, 0.4) is 0 Å². The molecule has 0 amide bonds. The molecular formula is C13H15N3. The Morgan fingerprint density at radius 3 is 3.19 bits per heavy atom. The molecule has 4 rings (SSSR count). The predicted molar refractivity (Wildman–Crippen MR) is 62.6 cm³/mol. The highest BCUT2D eigenvalue weighted by Gasteiger charge is 2.27. The molecule has 1 fully saturated rings. The lowest BCUT2D eigenvalue weighted by Crippen LogP contribution is -2.24. The van der Waals surface area contributed by atoms with Crippen LogP contribution in [0.25, 0.3) is 5.65 Å². The highest BCUT2D eigenvalue weighted by molar-refractivity contribution is 5.54. The average Bonchev–Trinajstić information content (AvgIpc) is 3.09. The van der Waals surface area contributed by atoms with Crippen LogP contribution in [0.2, 0.25) is 0 Å². The Balaban J connectivity index is 2.00. The molecule has 0 aromatic carbocycles. The van der Waals surface area contributed by atoms with Gasteiger partial charge >= 0.3 is 0 Å². The van der Waals surface area contributed by atoms with Gasteiger partial charge in [-0.3, -0.25) is 0 Å². The summed E-state index contributed by atoms with van der Waals surface area (Å²) in [6, 6.07) is 4.41. The molecule has 1 aliphatic heterocycles. The van der Waals surface area contributed by atoms with Crippen molar-refractivity contribution in [1.29, 1.82) is 0 Å². The monoisotopic (exact) mass is 213 g/mol. The van der Waals surface area contributed by atoms with E-state index in [4.69, 9.17) is 4.98 Å². The standard InChI is InChI=1S/C13H15N3/c1-2-10(9-3-4-9)13-15-11-5-6-14-8-12(11)16(13)7-1/h1-2,7,9,14H,3-6,8H2. The van der Waals surface area contributed by atoms with E-state index in [2.05, 4.69) is 28.0 Å². The Kier molecular flexibility index (Phi) is 1.68. The molecule has 3 heterocycles. The van der Waals surface area contributed by atoms with Gasteiger partial charge in [0.25, 0.3) is 0 Å². The minimum atomic E-state index is 0.778. The summed E-state index contributed by atoms with van der Waals surface area (Å²) in [5, 5.41) is 3.42. The minimum Gasteiger partial charge on any atom is -0.311 e. The van der Waals surface area contributed by atoms with Gasteiger partial charge in [0.1, 0.15) is 5.65 Å². The lowest BCUT2D eigenvalue weighted by atomic mass is 10.2. The summed E-state index contributed by atoms with van der Waals surface area (Å²) in [6.45, 7) is 2.03. The normalized spacial score (nSPS) is 20.0. The number of hydrogen-bond acceptors (Lipinski definition) is 2. The van der Waals surface area contributed by atoms with E-state index in [1.54, 1.807) is 0 Å². The van der Waals surface area contributed by atoms with Crippen molar-refractivity contribution in [2.24, 2.45) is 0 Å². The maximum Gasteiger partial charge on any atom is 0.140 e. The highest BCUT2D eigenvalue weighted by Crippen LogP contribution is 2.41. The zero-order chi connectivity index (χ0) is 10.5. The fraction of sp³-hybridized carbons (Fsp3) is 0.462. The lowest BCUT2D eigenvalue weighted by molar-refractivity contribution is 0.621. The van der Waals surface area contributed by atoms with E-state index in [-0.39, 0.29) is 0 Å². The third-order valence-electron chi connectivity index (χ3n) is 3.71. The summed E-state index contributed by atoms with van der Waals surface area (Å²) < 4.78 is 2.29. The van der Waals surface area contributed by atoms with E-state index in [1.807, 2.05) is 0 Å². The number of rotatable bonds is 1. The largest absolute Gasteiger partial charge is 0.311 e. The summed E-state index contributed by atoms with van der Waals surface area (Å²) in [5.41, 5.74) is 5.33. The number of hydrogen-bond donors (Lipinski definition) is 1. The van der Waals surface area contributed by atoms with Gasteiger partial charge in [0, 0.05) is 25.7 Å². The van der Waals surface area contributed by atoms with Crippen molar-refractivity contribution in [3.63, 3.8) is 0 Å². The van der Waals surface area contributed by atoms with Crippen molar-refractivity contribution >= 4 is 5.65 Å². The summed E-state index contributed by atoms with van der Waals surface area (Å²) in [4.78, 5) is 4.84. The molecule has 82 valence electrons. The van der Waals surface area contributed by atoms with Gasteiger partial charge in [-0.25, -0.2) is 4.98 Å². The van der Waals surface area contributed by atoms with Crippen molar-refractivity contribution in [1.82, 2.24) is 14.7 Å². The molecule has 0 bridgehead atoms. The van der Waals surface area contributed by atoms with E-state index in [1.165, 1.54) is 35.4 Å². The van der Waals surface area contributed by atoms with Crippen LogP contribution in [-0.4, -0.2) is 15.9 Å². The topological polar surface area (TPSA) is 29.3 Å². The summed E-state index contributed by atoms with van der Waals surface area (Å²) in [5.74, 6) is 0.778. The number of aromatic nitrogens is 2. The molecule has 1 aliphatic carbocycles. The molecule has 1 N–H and O–H groups in total. The molecular weight excluding hydrogens is 198 g/mol. The fourth-order valence-electron chi connectivity index (χ4n) is 2.70. The SMILES string of the molecule is c1cc(C2CC2)c2nc3c(n2c1)CNCC3. The van der Waals surface area contributed by atoms with Gasteiger partial charge in [-0.2, -0.15) is 0 Å². The molecule has 1 saturated carbocycles. The van der Waals surface area contributed by atoms with E-state index in [0.29, 0.717) is 0 Å². The third kappa shape index (κ3) is 1.15. The van der Waals surface area contributed by atoms with Crippen LogP contribution in [0.5, 0.6) is 0 Å². The predicted octanol–water partition coefficient (Wildman–Crippen LogP) is 1.86. The molecule has 3 nitrogen and oxygen atoms in total. The Labute approximate surface area is 94.5 Å². The summed E-state index contributed by atoms with van der Waals surface area (Å²) in [6.07, 6.45) is 5.91. The van der Waals surface area contributed by atoms with Crippen molar-refractivity contribution in [2.75, 3.05) is 6.54 Å². The number of pyridine rings is 1. The quantitative estimate of drug-likeness (QED) is 0.783. The van der Waals surface area contributed by atoms with Crippen LogP contribution < -0.4 is 5.32 Å². The van der Waals surface area contributed by atoms with Crippen molar-refractivity contribution in [2.45, 2.75) is 31.7 Å². The van der Waals surface area contributed by atoms with E-state index in [9.17, 15) is 0 Å². The number of nitrogens with zero attached hydrogens (tertiary/aromatic N) is 2. The van der Waals surface area contributed by atoms with Gasteiger partial charge in [0.2, 0.25) is 0 Å². The molecule has 0 spiro atoms. The van der Waals surface area contributed by atoms with Gasteiger partial charge < -0.3 is 9.72 Å². The van der Waals surface area contributed by atoms with Crippen LogP contribution in [0.4, 0.5) is 0 Å². The van der Waals surface area contributed by atoms with Crippen LogP contribution >= 0.6 is 0 Å². The molecule has 2 aliphatic rings. The molecule has 0 saturated heterocycles. The zero-order valence-electron chi connectivity index (χ0n) is 9.24. The first-order valence-corrected chi connectivity index (χ1v) is 6.13. The van der Waals surface area contributed by atoms with Crippen LogP contribution in [0.1, 0.15) is 35.7 Å². The maximum atomic E-state index is 4.84. The number of nitrogens with one attached hydrogen (secondary N) is 1. The van der Waals surface area contributed by atoms with Crippen LogP contribution in [0.15, 0.2) is 18.3 Å². The van der Waals surface area contributed by atoms with Gasteiger partial charge in [0.05, 0.1) is 11.4 Å². The summed E-state index contributed by atoms with van der Waals surface area (Å²) in [7, 11) is 0. The van der Waals surface area contributed by atoms with E-state index >= 15 is 0 Å². The van der Waals surface area contributed by atoms with Crippen LogP contribution in [-0.2, 0) is 13.0 Å². The van der Waals surface area contributed by atoms with E-state index in [0.717, 1.165) is 25.4 Å². The molecule has 2 aromatic rings.